The first-order valence-electron chi connectivity index (χ1n) is 7.47. The van der Waals surface area contributed by atoms with Crippen LogP contribution >= 0.6 is 0 Å². The van der Waals surface area contributed by atoms with E-state index in [2.05, 4.69) is 11.8 Å². The van der Waals surface area contributed by atoms with Gasteiger partial charge in [0.25, 0.3) is 11.6 Å². The number of carbonyl (C=O) groups is 1. The average Bonchev–Trinajstić information content (AvgIpc) is 2.78. The van der Waals surface area contributed by atoms with Gasteiger partial charge in [-0.1, -0.05) is 6.92 Å². The quantitative estimate of drug-likeness (QED) is 0.609. The molecule has 7 nitrogen and oxygen atoms in total. The maximum atomic E-state index is 12.2. The highest BCUT2D eigenvalue weighted by Crippen LogP contribution is 2.17. The van der Waals surface area contributed by atoms with Crippen LogP contribution in [-0.4, -0.2) is 60.0 Å². The molecule has 1 aliphatic rings. The molecular weight excluding hydrogens is 286 g/mol. The molecule has 0 spiro atoms. The monoisotopic (exact) mass is 307 g/mol. The molecule has 0 saturated carbocycles. The van der Waals surface area contributed by atoms with Gasteiger partial charge in [-0.2, -0.15) is 0 Å². The lowest BCUT2D eigenvalue weighted by Crippen LogP contribution is -2.38. The lowest BCUT2D eigenvalue weighted by atomic mass is 10.3. The van der Waals surface area contributed by atoms with E-state index in [0.717, 1.165) is 39.1 Å². The number of nitro benzene ring substituents is 1. The normalized spacial score (nSPS) is 16.1. The zero-order valence-electron chi connectivity index (χ0n) is 12.7. The van der Waals surface area contributed by atoms with Crippen molar-refractivity contribution in [2.75, 3.05) is 39.3 Å². The van der Waals surface area contributed by atoms with Crippen LogP contribution < -0.4 is 4.74 Å². The molecular formula is C15H21N3O4. The van der Waals surface area contributed by atoms with Crippen molar-refractivity contribution in [1.82, 2.24) is 9.80 Å². The zero-order chi connectivity index (χ0) is 15.9. The summed E-state index contributed by atoms with van der Waals surface area (Å²) in [6.45, 7) is 6.46. The van der Waals surface area contributed by atoms with Crippen molar-refractivity contribution in [3.63, 3.8) is 0 Å². The minimum Gasteiger partial charge on any atom is -0.484 e. The summed E-state index contributed by atoms with van der Waals surface area (Å²) >= 11 is 0. The molecule has 1 heterocycles. The molecule has 0 radical (unpaired) electrons. The number of rotatable bonds is 5. The number of nitro groups is 1. The molecule has 1 aromatic carbocycles. The summed E-state index contributed by atoms with van der Waals surface area (Å²) in [6.07, 6.45) is 0.969. The highest BCUT2D eigenvalue weighted by atomic mass is 16.6. The highest BCUT2D eigenvalue weighted by molar-refractivity contribution is 5.77. The average molecular weight is 307 g/mol. The molecule has 0 aromatic heterocycles. The molecule has 0 bridgehead atoms. The predicted molar refractivity (Wildman–Crippen MR) is 81.9 cm³/mol. The maximum absolute atomic E-state index is 12.2. The molecule has 1 fully saturated rings. The molecule has 1 amide bonds. The van der Waals surface area contributed by atoms with Crippen LogP contribution in [0.15, 0.2) is 24.3 Å². The lowest BCUT2D eigenvalue weighted by molar-refractivity contribution is -0.384. The van der Waals surface area contributed by atoms with Gasteiger partial charge in [0, 0.05) is 31.8 Å². The second-order valence-corrected chi connectivity index (χ2v) is 5.21. The fourth-order valence-electron chi connectivity index (χ4n) is 2.44. The standard InChI is InChI=1S/C15H21N3O4/c1-2-16-8-3-9-17(11-10-16)15(19)12-22-14-6-4-13(5-7-14)18(20)21/h4-7H,2-3,8-12H2,1H3. The molecule has 0 aliphatic carbocycles. The zero-order valence-corrected chi connectivity index (χ0v) is 12.7. The van der Waals surface area contributed by atoms with Gasteiger partial charge in [-0.05, 0) is 31.6 Å². The lowest BCUT2D eigenvalue weighted by Gasteiger charge is -2.21. The highest BCUT2D eigenvalue weighted by Gasteiger charge is 2.18. The summed E-state index contributed by atoms with van der Waals surface area (Å²) in [5.41, 5.74) is 0.00542. The minimum atomic E-state index is -0.467. The number of nitrogens with zero attached hydrogens (tertiary/aromatic N) is 3. The first kappa shape index (κ1) is 16.2. The van der Waals surface area contributed by atoms with E-state index in [0.29, 0.717) is 5.75 Å². The first-order chi connectivity index (χ1) is 10.6. The summed E-state index contributed by atoms with van der Waals surface area (Å²) in [4.78, 5) is 26.4. The number of carbonyl (C=O) groups excluding carboxylic acids is 1. The third-order valence-corrected chi connectivity index (χ3v) is 3.80. The van der Waals surface area contributed by atoms with Gasteiger partial charge in [-0.3, -0.25) is 14.9 Å². The fraction of sp³-hybridized carbons (Fsp3) is 0.533. The van der Waals surface area contributed by atoms with E-state index in [-0.39, 0.29) is 18.2 Å². The van der Waals surface area contributed by atoms with Gasteiger partial charge in [0.15, 0.2) is 6.61 Å². The van der Waals surface area contributed by atoms with Gasteiger partial charge in [0.1, 0.15) is 5.75 Å². The summed E-state index contributed by atoms with van der Waals surface area (Å²) < 4.78 is 5.42. The molecule has 1 aromatic rings. The molecule has 1 aliphatic heterocycles. The van der Waals surface area contributed by atoms with Gasteiger partial charge in [-0.15, -0.1) is 0 Å². The maximum Gasteiger partial charge on any atom is 0.269 e. The summed E-state index contributed by atoms with van der Waals surface area (Å²) in [5, 5.41) is 10.6. The van der Waals surface area contributed by atoms with E-state index < -0.39 is 4.92 Å². The van der Waals surface area contributed by atoms with Gasteiger partial charge in [-0.25, -0.2) is 0 Å². The van der Waals surface area contributed by atoms with Crippen molar-refractivity contribution in [2.45, 2.75) is 13.3 Å². The summed E-state index contributed by atoms with van der Waals surface area (Å²) in [7, 11) is 0. The number of likely N-dealkylation sites (N-methyl/N-ethyl adjacent to an activating group) is 1. The van der Waals surface area contributed by atoms with Crippen LogP contribution in [0.4, 0.5) is 5.69 Å². The van der Waals surface area contributed by atoms with E-state index in [4.69, 9.17) is 4.74 Å². The molecule has 120 valence electrons. The van der Waals surface area contributed by atoms with Crippen LogP contribution in [0.1, 0.15) is 13.3 Å². The Balaban J connectivity index is 1.83. The van der Waals surface area contributed by atoms with Gasteiger partial charge < -0.3 is 14.5 Å². The topological polar surface area (TPSA) is 75.9 Å². The largest absolute Gasteiger partial charge is 0.484 e. The Bertz CT molecular complexity index is 518. The van der Waals surface area contributed by atoms with Gasteiger partial charge >= 0.3 is 0 Å². The van der Waals surface area contributed by atoms with E-state index in [1.165, 1.54) is 24.3 Å². The number of non-ortho nitro benzene ring substituents is 1. The predicted octanol–water partition coefficient (Wildman–Crippen LogP) is 1.53. The van der Waals surface area contributed by atoms with E-state index in [1.807, 2.05) is 4.90 Å². The first-order valence-corrected chi connectivity index (χ1v) is 7.47. The van der Waals surface area contributed by atoms with Crippen molar-refractivity contribution >= 4 is 11.6 Å². The number of ether oxygens (including phenoxy) is 1. The van der Waals surface area contributed by atoms with Gasteiger partial charge in [0.2, 0.25) is 0 Å². The van der Waals surface area contributed by atoms with Crippen molar-refractivity contribution in [1.29, 1.82) is 0 Å². The Morgan fingerprint density at radius 3 is 2.59 bits per heavy atom. The number of hydrogen-bond acceptors (Lipinski definition) is 5. The van der Waals surface area contributed by atoms with Crippen LogP contribution in [0.2, 0.25) is 0 Å². The smallest absolute Gasteiger partial charge is 0.269 e. The Morgan fingerprint density at radius 1 is 1.23 bits per heavy atom. The van der Waals surface area contributed by atoms with Crippen molar-refractivity contribution in [3.05, 3.63) is 34.4 Å². The Labute approximate surface area is 129 Å². The minimum absolute atomic E-state index is 0.00542. The van der Waals surface area contributed by atoms with Crippen LogP contribution in [0.25, 0.3) is 0 Å². The van der Waals surface area contributed by atoms with Crippen LogP contribution in [0.5, 0.6) is 5.75 Å². The number of benzene rings is 1. The van der Waals surface area contributed by atoms with Crippen molar-refractivity contribution in [2.24, 2.45) is 0 Å². The SMILES string of the molecule is CCN1CCCN(C(=O)COc2ccc([N+](=O)[O-])cc2)CC1. The second kappa shape index (κ2) is 7.74. The van der Waals surface area contributed by atoms with Crippen molar-refractivity contribution in [3.8, 4) is 5.75 Å². The van der Waals surface area contributed by atoms with Gasteiger partial charge in [0.05, 0.1) is 4.92 Å². The molecule has 0 atom stereocenters. The molecule has 0 unspecified atom stereocenters. The summed E-state index contributed by atoms with van der Waals surface area (Å²) in [5.74, 6) is 0.417. The number of amides is 1. The molecule has 0 N–H and O–H groups in total. The van der Waals surface area contributed by atoms with Crippen LogP contribution in [-0.2, 0) is 4.79 Å². The van der Waals surface area contributed by atoms with E-state index >= 15 is 0 Å². The molecule has 7 heteroatoms. The Hall–Kier alpha value is -2.15. The van der Waals surface area contributed by atoms with Crippen molar-refractivity contribution < 1.29 is 14.5 Å². The van der Waals surface area contributed by atoms with E-state index in [1.54, 1.807) is 0 Å². The third kappa shape index (κ3) is 4.42. The molecule has 2 rings (SSSR count). The molecule has 1 saturated heterocycles. The van der Waals surface area contributed by atoms with E-state index in [9.17, 15) is 14.9 Å². The number of hydrogen-bond donors (Lipinski definition) is 0. The summed E-state index contributed by atoms with van der Waals surface area (Å²) in [6, 6.07) is 5.75. The Morgan fingerprint density at radius 2 is 1.95 bits per heavy atom. The van der Waals surface area contributed by atoms with Crippen LogP contribution in [0.3, 0.4) is 0 Å². The second-order valence-electron chi connectivity index (χ2n) is 5.21. The third-order valence-electron chi connectivity index (χ3n) is 3.80. The van der Waals surface area contributed by atoms with Crippen LogP contribution in [0, 0.1) is 10.1 Å². The fourth-order valence-corrected chi connectivity index (χ4v) is 2.44. The Kier molecular flexibility index (Phi) is 5.71. The molecule has 22 heavy (non-hydrogen) atoms.